The van der Waals surface area contributed by atoms with Gasteiger partial charge in [-0.3, -0.25) is 33.9 Å². The molecular weight excluding hydrogens is 930 g/mol. The van der Waals surface area contributed by atoms with Crippen LogP contribution in [-0.2, 0) is 23.1 Å². The standard InChI is InChI=1S/C53H61F3N10O6/c1-4-35-38(54)8-6-32-24-34(67)26-36(43(32)35)45-44(55)46-37(27-57-45)47(65-17-5-12-51(2,71)28-65)60-49(59-46)72-31-52(13-14-52)29-62-18-15-53(56,16-19-62)30-63-20-22-64(23-21-63)33-7-9-39-41(25-33)61(3)50(70)66(39)40-10-11-42(68)58-48(40)69/h6-9,24-27,40,67,71H,4-5,10-23,28-31H2,1-3H3,(H,58,68,69)/t40?,51-/m1/s1. The highest BCUT2D eigenvalue weighted by Crippen LogP contribution is 2.48. The summed E-state index contributed by atoms with van der Waals surface area (Å²) in [7, 11) is 1.69. The molecule has 380 valence electrons. The van der Waals surface area contributed by atoms with Gasteiger partial charge in [-0.25, -0.2) is 18.0 Å². The highest BCUT2D eigenvalue weighted by Gasteiger charge is 2.47. The fraction of sp³-hybridized carbons (Fsp3) is 0.509. The number of alkyl halides is 1. The van der Waals surface area contributed by atoms with Gasteiger partial charge in [0.1, 0.15) is 40.3 Å². The minimum Gasteiger partial charge on any atom is -0.508 e. The number of aromatic nitrogens is 5. The van der Waals surface area contributed by atoms with E-state index in [9.17, 15) is 24.6 Å². The lowest BCUT2D eigenvalue weighted by atomic mass is 9.91. The van der Waals surface area contributed by atoms with Gasteiger partial charge in [0.25, 0.3) is 0 Å². The number of amides is 2. The van der Waals surface area contributed by atoms with Gasteiger partial charge in [0.05, 0.1) is 28.6 Å². The molecule has 6 aromatic rings. The number of piperidine rings is 3. The summed E-state index contributed by atoms with van der Waals surface area (Å²) in [5, 5.41) is 25.5. The maximum absolute atomic E-state index is 17.1. The summed E-state index contributed by atoms with van der Waals surface area (Å²) in [6.07, 6.45) is 6.21. The number of phenolic OH excluding ortho intramolecular Hbond substituents is 1. The topological polar surface area (TPSA) is 174 Å². The number of piperazine rings is 1. The van der Waals surface area contributed by atoms with E-state index in [0.29, 0.717) is 130 Å². The number of pyridine rings is 1. The van der Waals surface area contributed by atoms with Crippen molar-refractivity contribution < 1.29 is 37.7 Å². The van der Waals surface area contributed by atoms with E-state index in [0.717, 1.165) is 18.5 Å². The van der Waals surface area contributed by atoms with Crippen LogP contribution in [0.1, 0.15) is 76.8 Å². The molecule has 3 N–H and O–H groups in total. The van der Waals surface area contributed by atoms with Crippen LogP contribution < -0.4 is 25.5 Å². The Morgan fingerprint density at radius 3 is 2.36 bits per heavy atom. The Hall–Kier alpha value is -6.31. The third-order valence-corrected chi connectivity index (χ3v) is 16.0. The van der Waals surface area contributed by atoms with Gasteiger partial charge in [-0.1, -0.05) is 13.0 Å². The van der Waals surface area contributed by atoms with E-state index in [1.165, 1.54) is 29.0 Å². The number of aliphatic hydroxyl groups is 1. The number of fused-ring (bicyclic) bond motifs is 3. The number of hydrogen-bond donors (Lipinski definition) is 3. The fourth-order valence-electron chi connectivity index (χ4n) is 11.8. The number of imide groups is 1. The van der Waals surface area contributed by atoms with Crippen LogP contribution in [0.25, 0.3) is 44.0 Å². The predicted molar refractivity (Wildman–Crippen MR) is 267 cm³/mol. The van der Waals surface area contributed by atoms with E-state index < -0.39 is 34.9 Å². The molecule has 19 heteroatoms. The number of β-amino-alcohol motifs (C(OH)–C–C–N with tert-alkyl or cyclic N) is 1. The molecule has 7 heterocycles. The van der Waals surface area contributed by atoms with Gasteiger partial charge in [-0.05, 0) is 111 Å². The number of hydrogen-bond acceptors (Lipinski definition) is 13. The number of benzene rings is 3. The first-order chi connectivity index (χ1) is 34.5. The summed E-state index contributed by atoms with van der Waals surface area (Å²) in [6.45, 7) is 9.74. The van der Waals surface area contributed by atoms with Crippen molar-refractivity contribution in [3.8, 4) is 23.0 Å². The zero-order chi connectivity index (χ0) is 50.3. The molecule has 16 nitrogen and oxygen atoms in total. The third kappa shape index (κ3) is 9.01. The van der Waals surface area contributed by atoms with Crippen LogP contribution in [0.5, 0.6) is 11.8 Å². The Labute approximate surface area is 414 Å². The number of imidazole rings is 1. The molecule has 2 atom stereocenters. The minimum atomic E-state index is -1.33. The Morgan fingerprint density at radius 1 is 0.875 bits per heavy atom. The smallest absolute Gasteiger partial charge is 0.329 e. The van der Waals surface area contributed by atoms with Crippen LogP contribution in [0, 0.1) is 17.0 Å². The molecule has 4 aliphatic heterocycles. The molecule has 1 aliphatic carbocycles. The Kier molecular flexibility index (Phi) is 12.2. The number of nitrogens with zero attached hydrogens (tertiary/aromatic N) is 9. The molecule has 1 saturated carbocycles. The van der Waals surface area contributed by atoms with Crippen molar-refractivity contribution in [1.29, 1.82) is 0 Å². The van der Waals surface area contributed by atoms with Crippen LogP contribution in [0.3, 0.4) is 0 Å². The first kappa shape index (κ1) is 48.0. The quantitative estimate of drug-likeness (QED) is 0.119. The number of ether oxygens (including phenoxy) is 1. The van der Waals surface area contributed by atoms with Crippen LogP contribution >= 0.6 is 0 Å². The molecule has 0 bridgehead atoms. The summed E-state index contributed by atoms with van der Waals surface area (Å²) in [6, 6.07) is 10.8. The summed E-state index contributed by atoms with van der Waals surface area (Å²) >= 11 is 0. The van der Waals surface area contributed by atoms with Crippen molar-refractivity contribution in [2.75, 3.05) is 81.9 Å². The second kappa shape index (κ2) is 18.3. The predicted octanol–water partition coefficient (Wildman–Crippen LogP) is 6.16. The molecular formula is C53H61F3N10O6. The number of aromatic hydroxyl groups is 1. The second-order valence-electron chi connectivity index (χ2n) is 21.3. The second-order valence-corrected chi connectivity index (χ2v) is 21.3. The van der Waals surface area contributed by atoms with Gasteiger partial charge in [-0.2, -0.15) is 9.97 Å². The molecule has 5 fully saturated rings. The van der Waals surface area contributed by atoms with Gasteiger partial charge >= 0.3 is 11.7 Å². The SMILES string of the molecule is CCc1c(F)ccc2cc(O)cc(-c3ncc4c(N5CCC[C@@](C)(O)C5)nc(OCC5(CN6CCC(F)(CN7CCN(c8ccc9c(c8)n(C)c(=O)n9C8CCC(=O)NC8=O)CC7)CC6)CC5)nc4c3F)c12. The monoisotopic (exact) mass is 990 g/mol. The average Bonchev–Trinajstić information content (AvgIpc) is 4.08. The number of anilines is 2. The van der Waals surface area contributed by atoms with Crippen molar-refractivity contribution in [1.82, 2.24) is 39.2 Å². The number of phenols is 1. The summed E-state index contributed by atoms with van der Waals surface area (Å²) < 4.78 is 58.4. The zero-order valence-electron chi connectivity index (χ0n) is 41.0. The van der Waals surface area contributed by atoms with Gasteiger partial charge < -0.3 is 29.6 Å². The lowest BCUT2D eigenvalue weighted by Gasteiger charge is -2.43. The molecule has 3 aromatic carbocycles. The third-order valence-electron chi connectivity index (χ3n) is 16.0. The van der Waals surface area contributed by atoms with Gasteiger partial charge in [0.15, 0.2) is 5.82 Å². The Balaban J connectivity index is 0.745. The maximum atomic E-state index is 17.1. The van der Waals surface area contributed by atoms with Crippen molar-refractivity contribution in [3.05, 3.63) is 76.3 Å². The Morgan fingerprint density at radius 2 is 1.64 bits per heavy atom. The molecule has 11 rings (SSSR count). The number of aryl methyl sites for hydroxylation is 2. The van der Waals surface area contributed by atoms with Crippen molar-refractivity contribution in [3.63, 3.8) is 0 Å². The summed E-state index contributed by atoms with van der Waals surface area (Å²) in [5.41, 5.74) is -0.0534. The van der Waals surface area contributed by atoms with Crippen molar-refractivity contribution >= 4 is 56.0 Å². The largest absolute Gasteiger partial charge is 0.508 e. The van der Waals surface area contributed by atoms with E-state index in [4.69, 9.17) is 9.72 Å². The van der Waals surface area contributed by atoms with E-state index >= 15 is 13.2 Å². The van der Waals surface area contributed by atoms with E-state index in [1.54, 1.807) is 24.6 Å². The summed E-state index contributed by atoms with van der Waals surface area (Å²) in [5.74, 6) is -1.72. The van der Waals surface area contributed by atoms with Crippen LogP contribution in [0.15, 0.2) is 53.5 Å². The van der Waals surface area contributed by atoms with Crippen LogP contribution in [0.2, 0.25) is 0 Å². The fourth-order valence-corrected chi connectivity index (χ4v) is 11.8. The van der Waals surface area contributed by atoms with E-state index in [2.05, 4.69) is 30.0 Å². The summed E-state index contributed by atoms with van der Waals surface area (Å²) in [4.78, 5) is 60.5. The first-order valence-electron chi connectivity index (χ1n) is 25.3. The van der Waals surface area contributed by atoms with Gasteiger partial charge in [0.2, 0.25) is 11.8 Å². The number of nitrogens with one attached hydrogen (secondary N) is 1. The maximum Gasteiger partial charge on any atom is 0.329 e. The Bertz CT molecular complexity index is 3190. The molecule has 2 amide bonds. The molecule has 3 aromatic heterocycles. The lowest BCUT2D eigenvalue weighted by Crippen LogP contribution is -2.54. The zero-order valence-corrected chi connectivity index (χ0v) is 41.0. The normalized spacial score (nSPS) is 22.8. The van der Waals surface area contributed by atoms with Gasteiger partial charge in [-0.15, -0.1) is 0 Å². The molecule has 5 aliphatic rings. The van der Waals surface area contributed by atoms with Gasteiger partial charge in [0, 0.05) is 102 Å². The molecule has 4 saturated heterocycles. The first-order valence-corrected chi connectivity index (χ1v) is 25.3. The number of halogens is 3. The van der Waals surface area contributed by atoms with E-state index in [-0.39, 0.29) is 71.5 Å². The minimum absolute atomic E-state index is 0.0114. The number of rotatable bonds is 12. The molecule has 0 radical (unpaired) electrons. The van der Waals surface area contributed by atoms with E-state index in [1.807, 2.05) is 30.0 Å². The molecule has 72 heavy (non-hydrogen) atoms. The highest BCUT2D eigenvalue weighted by atomic mass is 19.1. The average molecular weight is 991 g/mol. The molecule has 0 spiro atoms. The van der Waals surface area contributed by atoms with Crippen LogP contribution in [-0.4, -0.2) is 139 Å². The lowest BCUT2D eigenvalue weighted by molar-refractivity contribution is -0.135. The van der Waals surface area contributed by atoms with Crippen molar-refractivity contribution in [2.45, 2.75) is 88.9 Å². The number of carbonyl (C=O) groups excluding carboxylic acids is 2. The number of likely N-dealkylation sites (tertiary alicyclic amines) is 1. The van der Waals surface area contributed by atoms with Crippen molar-refractivity contribution in [2.24, 2.45) is 12.5 Å². The highest BCUT2D eigenvalue weighted by molar-refractivity contribution is 6.02. The number of carbonyl (C=O) groups is 2. The molecule has 1 unspecified atom stereocenters. The van der Waals surface area contributed by atoms with Crippen LogP contribution in [0.4, 0.5) is 24.7 Å².